The molecule has 2 unspecified atom stereocenters. The normalized spacial score (nSPS) is 15.4. The number of hydrogen-bond acceptors (Lipinski definition) is 3. The summed E-state index contributed by atoms with van der Waals surface area (Å²) in [6.07, 6.45) is 1.08. The average Bonchev–Trinajstić information content (AvgIpc) is 2.60. The van der Waals surface area contributed by atoms with Gasteiger partial charge >= 0.3 is 0 Å². The summed E-state index contributed by atoms with van der Waals surface area (Å²) in [5.74, 6) is 0.481. The third-order valence-electron chi connectivity index (χ3n) is 2.42. The summed E-state index contributed by atoms with van der Waals surface area (Å²) in [5, 5.41) is 3.17. The van der Waals surface area contributed by atoms with E-state index < -0.39 is 0 Å². The summed E-state index contributed by atoms with van der Waals surface area (Å²) in [7, 11) is 1.96. The third kappa shape index (κ3) is 2.95. The van der Waals surface area contributed by atoms with E-state index in [4.69, 9.17) is 17.3 Å². The zero-order valence-electron chi connectivity index (χ0n) is 8.59. The maximum atomic E-state index is 6.16. The first-order valence-electron chi connectivity index (χ1n) is 4.84. The van der Waals surface area contributed by atoms with Gasteiger partial charge in [0.2, 0.25) is 0 Å². The van der Waals surface area contributed by atoms with Gasteiger partial charge in [-0.2, -0.15) is 0 Å². The third-order valence-corrected chi connectivity index (χ3v) is 3.75. The van der Waals surface area contributed by atoms with Crippen molar-refractivity contribution < 1.29 is 0 Å². The quantitative estimate of drug-likeness (QED) is 0.819. The summed E-state index contributed by atoms with van der Waals surface area (Å²) in [6, 6.07) is 4.04. The van der Waals surface area contributed by atoms with Crippen LogP contribution in [0.2, 0.25) is 4.34 Å². The Balaban J connectivity index is 2.66. The van der Waals surface area contributed by atoms with Gasteiger partial charge in [0.25, 0.3) is 0 Å². The topological polar surface area (TPSA) is 38.0 Å². The molecular weight excluding hydrogens is 216 g/mol. The van der Waals surface area contributed by atoms with E-state index in [0.717, 1.165) is 17.3 Å². The lowest BCUT2D eigenvalue weighted by atomic mass is 9.96. The van der Waals surface area contributed by atoms with E-state index in [1.54, 1.807) is 11.3 Å². The van der Waals surface area contributed by atoms with E-state index in [2.05, 4.69) is 12.2 Å². The largest absolute Gasteiger partial charge is 0.323 e. The van der Waals surface area contributed by atoms with Crippen molar-refractivity contribution in [2.45, 2.75) is 19.4 Å². The predicted octanol–water partition coefficient (Wildman–Crippen LogP) is 2.65. The van der Waals surface area contributed by atoms with Crippen LogP contribution >= 0.6 is 22.9 Å². The number of rotatable bonds is 5. The van der Waals surface area contributed by atoms with Crippen molar-refractivity contribution in [2.75, 3.05) is 13.6 Å². The molecule has 2 atom stereocenters. The highest BCUT2D eigenvalue weighted by atomic mass is 35.5. The molecule has 14 heavy (non-hydrogen) atoms. The van der Waals surface area contributed by atoms with Crippen LogP contribution in [-0.4, -0.2) is 13.6 Å². The maximum absolute atomic E-state index is 6.16. The highest BCUT2D eigenvalue weighted by Crippen LogP contribution is 2.30. The van der Waals surface area contributed by atoms with Crippen molar-refractivity contribution in [3.8, 4) is 0 Å². The van der Waals surface area contributed by atoms with E-state index in [0.29, 0.717) is 5.92 Å². The number of thiophene rings is 1. The minimum absolute atomic E-state index is 0.102. The van der Waals surface area contributed by atoms with Gasteiger partial charge in [0.1, 0.15) is 0 Å². The molecule has 0 aromatic carbocycles. The van der Waals surface area contributed by atoms with Gasteiger partial charge < -0.3 is 11.1 Å². The van der Waals surface area contributed by atoms with E-state index in [9.17, 15) is 0 Å². The first kappa shape index (κ1) is 12.0. The fourth-order valence-corrected chi connectivity index (χ4v) is 2.68. The molecule has 1 heterocycles. The van der Waals surface area contributed by atoms with Gasteiger partial charge in [0.15, 0.2) is 0 Å². The fraction of sp³-hybridized carbons (Fsp3) is 0.600. The van der Waals surface area contributed by atoms with Gasteiger partial charge in [-0.05, 0) is 31.6 Å². The molecule has 0 bridgehead atoms. The molecule has 0 saturated carbocycles. The van der Waals surface area contributed by atoms with Crippen LogP contribution in [0.25, 0.3) is 0 Å². The van der Waals surface area contributed by atoms with E-state index in [1.165, 1.54) is 4.88 Å². The lowest BCUT2D eigenvalue weighted by molar-refractivity contribution is 0.407. The number of hydrogen-bond donors (Lipinski definition) is 2. The van der Waals surface area contributed by atoms with Gasteiger partial charge in [-0.3, -0.25) is 0 Å². The Kier molecular flexibility index (Phi) is 4.89. The van der Waals surface area contributed by atoms with Crippen molar-refractivity contribution >= 4 is 22.9 Å². The number of halogens is 1. The monoisotopic (exact) mass is 232 g/mol. The molecule has 1 aromatic heterocycles. The lowest BCUT2D eigenvalue weighted by Crippen LogP contribution is -2.28. The molecule has 0 amide bonds. The molecule has 0 saturated heterocycles. The van der Waals surface area contributed by atoms with Crippen LogP contribution in [0.5, 0.6) is 0 Å². The van der Waals surface area contributed by atoms with Crippen LogP contribution in [0, 0.1) is 5.92 Å². The highest BCUT2D eigenvalue weighted by Gasteiger charge is 2.18. The van der Waals surface area contributed by atoms with E-state index in [-0.39, 0.29) is 6.04 Å². The summed E-state index contributed by atoms with van der Waals surface area (Å²) in [4.78, 5) is 1.18. The zero-order valence-corrected chi connectivity index (χ0v) is 10.2. The number of nitrogens with one attached hydrogen (secondary N) is 1. The maximum Gasteiger partial charge on any atom is 0.0931 e. The summed E-state index contributed by atoms with van der Waals surface area (Å²) >= 11 is 7.45. The molecule has 4 heteroatoms. The Morgan fingerprint density at radius 2 is 2.29 bits per heavy atom. The molecule has 0 spiro atoms. The average molecular weight is 233 g/mol. The van der Waals surface area contributed by atoms with Gasteiger partial charge in [-0.1, -0.05) is 24.9 Å². The smallest absolute Gasteiger partial charge is 0.0931 e. The van der Waals surface area contributed by atoms with Crippen molar-refractivity contribution in [3.05, 3.63) is 21.3 Å². The molecule has 0 aliphatic rings. The first-order valence-corrected chi connectivity index (χ1v) is 6.03. The second-order valence-electron chi connectivity index (χ2n) is 3.39. The van der Waals surface area contributed by atoms with Crippen molar-refractivity contribution in [2.24, 2.45) is 11.7 Å². The summed E-state index contributed by atoms with van der Waals surface area (Å²) < 4.78 is 0.815. The molecular formula is C10H17ClN2S. The molecule has 0 aliphatic heterocycles. The highest BCUT2D eigenvalue weighted by molar-refractivity contribution is 7.16. The van der Waals surface area contributed by atoms with Crippen LogP contribution in [0.1, 0.15) is 24.3 Å². The minimum atomic E-state index is 0.102. The van der Waals surface area contributed by atoms with E-state index in [1.807, 2.05) is 19.2 Å². The molecule has 0 radical (unpaired) electrons. The Labute approximate surface area is 94.5 Å². The SMILES string of the molecule is CCC(CNC)C(N)c1ccc(Cl)s1. The molecule has 1 aromatic rings. The minimum Gasteiger partial charge on any atom is -0.323 e. The predicted molar refractivity (Wildman–Crippen MR) is 64.0 cm³/mol. The standard InChI is InChI=1S/C10H17ClN2S/c1-3-7(6-13-2)10(12)8-4-5-9(11)14-8/h4-5,7,10,13H,3,6,12H2,1-2H3. The van der Waals surface area contributed by atoms with Crippen LogP contribution < -0.4 is 11.1 Å². The number of nitrogens with two attached hydrogens (primary N) is 1. The van der Waals surface area contributed by atoms with Gasteiger partial charge in [0, 0.05) is 10.9 Å². The molecule has 0 aliphatic carbocycles. The first-order chi connectivity index (χ1) is 6.69. The molecule has 0 fully saturated rings. The Hall–Kier alpha value is -0.0900. The fourth-order valence-electron chi connectivity index (χ4n) is 1.53. The molecule has 2 nitrogen and oxygen atoms in total. The lowest BCUT2D eigenvalue weighted by Gasteiger charge is -2.21. The Morgan fingerprint density at radius 1 is 1.57 bits per heavy atom. The van der Waals surface area contributed by atoms with Gasteiger partial charge in [-0.25, -0.2) is 0 Å². The van der Waals surface area contributed by atoms with E-state index >= 15 is 0 Å². The molecule has 3 N–H and O–H groups in total. The van der Waals surface area contributed by atoms with Crippen molar-refractivity contribution in [1.29, 1.82) is 0 Å². The molecule has 80 valence electrons. The summed E-state index contributed by atoms with van der Waals surface area (Å²) in [5.41, 5.74) is 6.16. The molecule has 1 rings (SSSR count). The van der Waals surface area contributed by atoms with Gasteiger partial charge in [0.05, 0.1) is 4.34 Å². The van der Waals surface area contributed by atoms with Crippen molar-refractivity contribution in [3.63, 3.8) is 0 Å². The second-order valence-corrected chi connectivity index (χ2v) is 5.14. The van der Waals surface area contributed by atoms with Crippen LogP contribution in [0.15, 0.2) is 12.1 Å². The van der Waals surface area contributed by atoms with Crippen LogP contribution in [0.4, 0.5) is 0 Å². The zero-order chi connectivity index (χ0) is 10.6. The summed E-state index contributed by atoms with van der Waals surface area (Å²) in [6.45, 7) is 3.12. The van der Waals surface area contributed by atoms with Crippen LogP contribution in [-0.2, 0) is 0 Å². The van der Waals surface area contributed by atoms with Crippen LogP contribution in [0.3, 0.4) is 0 Å². The Bertz CT molecular complexity index is 275. The van der Waals surface area contributed by atoms with Crippen molar-refractivity contribution in [1.82, 2.24) is 5.32 Å². The second kappa shape index (κ2) is 5.71. The van der Waals surface area contributed by atoms with Gasteiger partial charge in [-0.15, -0.1) is 11.3 Å². The Morgan fingerprint density at radius 3 is 2.71 bits per heavy atom.